The molecule has 0 spiro atoms. The number of benzene rings is 1. The molecule has 27 heavy (non-hydrogen) atoms. The number of primary amides is 1. The summed E-state index contributed by atoms with van der Waals surface area (Å²) < 4.78 is 35.4. The van der Waals surface area contributed by atoms with Gasteiger partial charge in [-0.3, -0.25) is 4.79 Å². The quantitative estimate of drug-likeness (QED) is 0.708. The Kier molecular flexibility index (Phi) is 5.25. The minimum atomic E-state index is -4.44. The summed E-state index contributed by atoms with van der Waals surface area (Å²) in [5.74, 6) is 0. The number of halogens is 3. The summed E-state index contributed by atoms with van der Waals surface area (Å²) in [5.41, 5.74) is 10.1. The highest BCUT2D eigenvalue weighted by Crippen LogP contribution is 2.38. The fourth-order valence-corrected chi connectivity index (χ4v) is 3.71. The zero-order valence-electron chi connectivity index (χ0n) is 14.6. The zero-order valence-corrected chi connectivity index (χ0v) is 14.6. The molecule has 4 rings (SSSR count). The number of hydrogen-bond acceptors (Lipinski definition) is 2. The number of aryl methyl sites for hydroxylation is 2. The van der Waals surface area contributed by atoms with Crippen LogP contribution in [0.5, 0.6) is 0 Å². The average Bonchev–Trinajstić information content (AvgIpc) is 3.23. The Hall–Kier alpha value is -2.77. The minimum absolute atomic E-state index is 0.436. The van der Waals surface area contributed by atoms with Gasteiger partial charge < -0.3 is 16.0 Å². The van der Waals surface area contributed by atoms with Gasteiger partial charge in [-0.15, -0.1) is 0 Å². The molecular weight excluding hydrogens is 359 g/mol. The molecule has 4 N–H and O–H groups in total. The van der Waals surface area contributed by atoms with E-state index in [2.05, 4.69) is 16.4 Å². The second-order valence-corrected chi connectivity index (χ2v) is 6.66. The number of anilines is 1. The number of nitrogens with one attached hydrogen (secondary N) is 2. The molecule has 2 aromatic rings. The van der Waals surface area contributed by atoms with E-state index in [0.717, 1.165) is 43.6 Å². The van der Waals surface area contributed by atoms with E-state index in [0.29, 0.717) is 6.07 Å². The number of rotatable bonds is 1. The van der Waals surface area contributed by atoms with Crippen LogP contribution in [-0.4, -0.2) is 11.0 Å². The van der Waals surface area contributed by atoms with Gasteiger partial charge in [0.05, 0.1) is 5.56 Å². The van der Waals surface area contributed by atoms with Gasteiger partial charge in [0.15, 0.2) is 0 Å². The van der Waals surface area contributed by atoms with Crippen molar-refractivity contribution in [2.24, 2.45) is 5.73 Å². The molecule has 144 valence electrons. The van der Waals surface area contributed by atoms with Crippen LogP contribution >= 0.6 is 0 Å². The van der Waals surface area contributed by atoms with Crippen molar-refractivity contribution < 1.29 is 18.0 Å². The highest BCUT2D eigenvalue weighted by molar-refractivity contribution is 5.90. The van der Waals surface area contributed by atoms with Crippen molar-refractivity contribution in [2.45, 2.75) is 44.7 Å². The second kappa shape index (κ2) is 7.46. The van der Waals surface area contributed by atoms with Crippen LogP contribution in [-0.2, 0) is 31.9 Å². The van der Waals surface area contributed by atoms with Crippen molar-refractivity contribution in [3.8, 4) is 0 Å². The van der Waals surface area contributed by atoms with E-state index in [1.165, 1.54) is 35.1 Å². The van der Waals surface area contributed by atoms with Gasteiger partial charge in [-0.2, -0.15) is 13.2 Å². The van der Waals surface area contributed by atoms with Crippen LogP contribution in [0.1, 0.15) is 40.7 Å². The number of carbonyl (C=O) groups excluding carboxylic acids is 1. The number of amides is 2. The lowest BCUT2D eigenvalue weighted by Crippen LogP contribution is -2.21. The molecule has 0 saturated carbocycles. The topological polar surface area (TPSA) is 88.0 Å². The van der Waals surface area contributed by atoms with Gasteiger partial charge in [0.25, 0.3) is 0 Å². The molecule has 0 fully saturated rings. The maximum Gasteiger partial charge on any atom is 0.416 e. The van der Waals surface area contributed by atoms with Crippen LogP contribution in [0.25, 0.3) is 0 Å². The maximum absolute atomic E-state index is 11.8. The molecule has 1 aromatic carbocycles. The number of nitrogens with two attached hydrogens (primary N) is 1. The third-order valence-corrected chi connectivity index (χ3v) is 4.82. The summed E-state index contributed by atoms with van der Waals surface area (Å²) >= 11 is 0. The molecule has 0 atom stereocenters. The molecule has 2 aliphatic carbocycles. The second-order valence-electron chi connectivity index (χ2n) is 6.66. The Morgan fingerprint density at radius 3 is 2.07 bits per heavy atom. The lowest BCUT2D eigenvalue weighted by Gasteiger charge is -2.14. The minimum Gasteiger partial charge on any atom is -0.351 e. The van der Waals surface area contributed by atoms with E-state index < -0.39 is 23.3 Å². The molecular formula is C19H20F3N3O2. The van der Waals surface area contributed by atoms with Crippen molar-refractivity contribution in [1.82, 2.24) is 4.98 Å². The van der Waals surface area contributed by atoms with Gasteiger partial charge >= 0.3 is 12.2 Å². The Bertz CT molecular complexity index is 887. The summed E-state index contributed by atoms with van der Waals surface area (Å²) in [6.07, 6.45) is 3.39. The Morgan fingerprint density at radius 2 is 1.63 bits per heavy atom. The fourth-order valence-electron chi connectivity index (χ4n) is 3.71. The number of fused-ring (bicyclic) bond motifs is 2. The standard InChI is InChI=1S/C13H16N2O.C6H4F3NO/c14-13(16)15-12-10-5-1-3-8(10)7-9-4-2-6-11(9)12;7-6(8,9)4-1-2-10-5(11)3-4/h7H,1-6H2,(H3,14,15,16);1-3H,(H,10,11). The molecule has 0 bridgehead atoms. The van der Waals surface area contributed by atoms with Crippen LogP contribution in [0.2, 0.25) is 0 Å². The van der Waals surface area contributed by atoms with Crippen LogP contribution in [0, 0.1) is 0 Å². The van der Waals surface area contributed by atoms with E-state index in [-0.39, 0.29) is 0 Å². The number of carbonyl (C=O) groups is 1. The smallest absolute Gasteiger partial charge is 0.351 e. The van der Waals surface area contributed by atoms with Gasteiger partial charge in [0.2, 0.25) is 5.56 Å². The van der Waals surface area contributed by atoms with Crippen molar-refractivity contribution in [1.29, 1.82) is 0 Å². The lowest BCUT2D eigenvalue weighted by molar-refractivity contribution is -0.137. The molecule has 0 unspecified atom stereocenters. The van der Waals surface area contributed by atoms with Crippen LogP contribution in [0.4, 0.5) is 23.7 Å². The summed E-state index contributed by atoms with van der Waals surface area (Å²) in [7, 11) is 0. The molecule has 1 aromatic heterocycles. The summed E-state index contributed by atoms with van der Waals surface area (Å²) in [6.45, 7) is 0. The van der Waals surface area contributed by atoms with E-state index in [1.54, 1.807) is 0 Å². The highest BCUT2D eigenvalue weighted by atomic mass is 19.4. The van der Waals surface area contributed by atoms with E-state index in [9.17, 15) is 22.8 Å². The predicted molar refractivity (Wildman–Crippen MR) is 95.8 cm³/mol. The van der Waals surface area contributed by atoms with Gasteiger partial charge in [0, 0.05) is 18.0 Å². The number of hydrogen-bond donors (Lipinski definition) is 3. The number of pyridine rings is 1. The molecule has 2 amide bonds. The fraction of sp³-hybridized carbons (Fsp3) is 0.368. The highest BCUT2D eigenvalue weighted by Gasteiger charge is 2.30. The Labute approximate surface area is 153 Å². The number of aromatic nitrogens is 1. The van der Waals surface area contributed by atoms with Gasteiger partial charge in [-0.25, -0.2) is 4.79 Å². The first kappa shape index (κ1) is 19.0. The summed E-state index contributed by atoms with van der Waals surface area (Å²) in [5, 5.41) is 2.84. The predicted octanol–water partition coefficient (Wildman–Crippen LogP) is 3.55. The van der Waals surface area contributed by atoms with Crippen molar-refractivity contribution in [2.75, 3.05) is 5.32 Å². The number of alkyl halides is 3. The molecule has 1 heterocycles. The van der Waals surface area contributed by atoms with E-state index >= 15 is 0 Å². The van der Waals surface area contributed by atoms with Gasteiger partial charge in [-0.05, 0) is 66.8 Å². The molecule has 5 nitrogen and oxygen atoms in total. The maximum atomic E-state index is 11.8. The summed E-state index contributed by atoms with van der Waals surface area (Å²) in [6, 6.07) is 3.23. The monoisotopic (exact) mass is 379 g/mol. The van der Waals surface area contributed by atoms with Crippen molar-refractivity contribution in [3.05, 3.63) is 62.6 Å². The third-order valence-electron chi connectivity index (χ3n) is 4.82. The molecule has 0 aliphatic heterocycles. The Morgan fingerprint density at radius 1 is 1.04 bits per heavy atom. The number of aromatic amines is 1. The normalized spacial score (nSPS) is 14.8. The van der Waals surface area contributed by atoms with Crippen LogP contribution in [0.15, 0.2) is 29.2 Å². The zero-order chi connectivity index (χ0) is 19.6. The van der Waals surface area contributed by atoms with Gasteiger partial charge in [0.1, 0.15) is 0 Å². The number of H-pyrrole nitrogens is 1. The number of urea groups is 1. The first-order valence-electron chi connectivity index (χ1n) is 8.74. The van der Waals surface area contributed by atoms with Crippen LogP contribution in [0.3, 0.4) is 0 Å². The summed E-state index contributed by atoms with van der Waals surface area (Å²) in [4.78, 5) is 23.5. The third kappa shape index (κ3) is 4.32. The van der Waals surface area contributed by atoms with Gasteiger partial charge in [-0.1, -0.05) is 6.07 Å². The lowest BCUT2D eigenvalue weighted by atomic mass is 9.99. The first-order valence-corrected chi connectivity index (χ1v) is 8.74. The van der Waals surface area contributed by atoms with Crippen molar-refractivity contribution >= 4 is 11.7 Å². The van der Waals surface area contributed by atoms with Crippen molar-refractivity contribution in [3.63, 3.8) is 0 Å². The molecule has 2 aliphatic rings. The molecule has 0 radical (unpaired) electrons. The Balaban J connectivity index is 0.000000168. The van der Waals surface area contributed by atoms with Crippen LogP contribution < -0.4 is 16.6 Å². The van der Waals surface area contributed by atoms with E-state index in [4.69, 9.17) is 5.73 Å². The SMILES string of the molecule is NC(=O)Nc1c2c(cc3c1CCC3)CCC2.O=c1cc(C(F)(F)F)cc[nH]1. The average molecular weight is 379 g/mol. The molecule has 0 saturated heterocycles. The van der Waals surface area contributed by atoms with E-state index in [1.807, 2.05) is 0 Å². The first-order chi connectivity index (χ1) is 12.8. The molecule has 8 heteroatoms. The largest absolute Gasteiger partial charge is 0.416 e.